The fourth-order valence-corrected chi connectivity index (χ4v) is 12.0. The first-order chi connectivity index (χ1) is 23.6. The van der Waals surface area contributed by atoms with E-state index in [2.05, 4.69) is 147 Å². The van der Waals surface area contributed by atoms with Gasteiger partial charge in [-0.15, -0.1) is 45.3 Å². The van der Waals surface area contributed by atoms with E-state index in [1.54, 1.807) is 0 Å². The van der Waals surface area contributed by atoms with Crippen molar-refractivity contribution < 1.29 is 0 Å². The number of rotatable bonds is 4. The standard InChI is InChI=1S/C44H28S4/c1-25-19-31(39-23-29-7-3-5-9-37(29)45-39)13-15-33(25)27-11-17-35-41(21-27)47-44-36-18-12-28(22-42(36)48-43(35)44)34-16-14-32(20-26(34)2)40-24-30-8-4-6-10-38(30)46-40/h3-24H,1-2H3. The number of hydrogen-bond donors (Lipinski definition) is 0. The highest BCUT2D eigenvalue weighted by Gasteiger charge is 2.16. The van der Waals surface area contributed by atoms with Gasteiger partial charge in [0.2, 0.25) is 0 Å². The first-order valence-corrected chi connectivity index (χ1v) is 19.4. The Morgan fingerprint density at radius 2 is 0.792 bits per heavy atom. The second-order valence-corrected chi connectivity index (χ2v) is 16.9. The van der Waals surface area contributed by atoms with Crippen LogP contribution < -0.4 is 0 Å². The maximum Gasteiger partial charge on any atom is 0.0542 e. The van der Waals surface area contributed by atoms with Crippen LogP contribution in [0.4, 0.5) is 0 Å². The minimum absolute atomic E-state index is 1.29. The highest BCUT2D eigenvalue weighted by Crippen LogP contribution is 2.47. The zero-order valence-electron chi connectivity index (χ0n) is 26.3. The Bertz CT molecular complexity index is 2610. The van der Waals surface area contributed by atoms with Gasteiger partial charge in [-0.3, -0.25) is 0 Å². The van der Waals surface area contributed by atoms with E-state index in [9.17, 15) is 0 Å². The molecule has 10 rings (SSSR count). The zero-order chi connectivity index (χ0) is 31.9. The monoisotopic (exact) mass is 684 g/mol. The fourth-order valence-electron chi connectivity index (χ4n) is 7.12. The largest absolute Gasteiger partial charge is 0.135 e. The Balaban J connectivity index is 0.975. The van der Waals surface area contributed by atoms with Crippen molar-refractivity contribution in [1.29, 1.82) is 0 Å². The van der Waals surface area contributed by atoms with Crippen molar-refractivity contribution in [1.82, 2.24) is 0 Å². The van der Waals surface area contributed by atoms with Crippen molar-refractivity contribution in [3.05, 3.63) is 145 Å². The van der Waals surface area contributed by atoms with Gasteiger partial charge in [-0.1, -0.05) is 97.1 Å². The van der Waals surface area contributed by atoms with Crippen molar-refractivity contribution in [2.75, 3.05) is 0 Å². The summed E-state index contributed by atoms with van der Waals surface area (Å²) in [6, 6.07) is 49.9. The van der Waals surface area contributed by atoms with Crippen LogP contribution in [-0.2, 0) is 0 Å². The Kier molecular flexibility index (Phi) is 6.50. The lowest BCUT2D eigenvalue weighted by atomic mass is 9.97. The Labute approximate surface area is 294 Å². The fraction of sp³-hybridized carbons (Fsp3) is 0.0455. The van der Waals surface area contributed by atoms with Crippen molar-refractivity contribution in [3.8, 4) is 43.1 Å². The van der Waals surface area contributed by atoms with E-state index in [1.165, 1.54) is 104 Å². The molecule has 0 aliphatic heterocycles. The highest BCUT2D eigenvalue weighted by molar-refractivity contribution is 7.36. The average molecular weight is 685 g/mol. The molecule has 4 heteroatoms. The summed E-state index contributed by atoms with van der Waals surface area (Å²) in [4.78, 5) is 2.66. The molecule has 228 valence electrons. The molecule has 0 unspecified atom stereocenters. The molecule has 4 heterocycles. The molecule has 0 fully saturated rings. The predicted octanol–water partition coefficient (Wildman–Crippen LogP) is 15.0. The van der Waals surface area contributed by atoms with Crippen LogP contribution in [0.2, 0.25) is 0 Å². The molecule has 48 heavy (non-hydrogen) atoms. The summed E-state index contributed by atoms with van der Waals surface area (Å²) in [6.45, 7) is 4.49. The molecule has 0 saturated heterocycles. The van der Waals surface area contributed by atoms with E-state index >= 15 is 0 Å². The second kappa shape index (κ2) is 11.0. The molecular weight excluding hydrogens is 657 g/mol. The number of benzene rings is 6. The summed E-state index contributed by atoms with van der Waals surface area (Å²) in [5.74, 6) is 0. The molecule has 10 aromatic rings. The van der Waals surface area contributed by atoms with Gasteiger partial charge in [0.05, 0.1) is 9.40 Å². The van der Waals surface area contributed by atoms with Crippen LogP contribution in [0.15, 0.2) is 133 Å². The molecule has 0 amide bonds. The van der Waals surface area contributed by atoms with Crippen LogP contribution in [0, 0.1) is 13.8 Å². The predicted molar refractivity (Wildman–Crippen MR) is 217 cm³/mol. The molecular formula is C44H28S4. The summed E-state index contributed by atoms with van der Waals surface area (Å²) < 4.78 is 8.22. The number of thiophene rings is 4. The molecule has 0 spiro atoms. The quantitative estimate of drug-likeness (QED) is 0.173. The third kappa shape index (κ3) is 4.59. The van der Waals surface area contributed by atoms with Gasteiger partial charge in [0.25, 0.3) is 0 Å². The van der Waals surface area contributed by atoms with E-state index in [-0.39, 0.29) is 0 Å². The van der Waals surface area contributed by atoms with Crippen LogP contribution in [-0.4, -0.2) is 0 Å². The first-order valence-electron chi connectivity index (χ1n) is 16.1. The first kappa shape index (κ1) is 28.4. The maximum absolute atomic E-state index is 2.40. The summed E-state index contributed by atoms with van der Waals surface area (Å²) in [5, 5.41) is 5.37. The lowest BCUT2D eigenvalue weighted by molar-refractivity contribution is 1.47. The smallest absolute Gasteiger partial charge is 0.0542 e. The molecule has 0 saturated carbocycles. The van der Waals surface area contributed by atoms with Gasteiger partial charge in [0.15, 0.2) is 0 Å². The summed E-state index contributed by atoms with van der Waals surface area (Å²) >= 11 is 7.61. The van der Waals surface area contributed by atoms with E-state index in [0.29, 0.717) is 0 Å². The van der Waals surface area contributed by atoms with Gasteiger partial charge in [0, 0.05) is 39.3 Å². The molecule has 0 N–H and O–H groups in total. The SMILES string of the molecule is Cc1cc(-c2cc3ccccc3s2)ccc1-c1ccc2c(c1)sc1c3ccc(-c4ccc(-c5cc6ccccc6s5)cc4C)cc3sc21. The number of aryl methyl sites for hydroxylation is 2. The van der Waals surface area contributed by atoms with Crippen molar-refractivity contribution in [2.45, 2.75) is 13.8 Å². The van der Waals surface area contributed by atoms with E-state index in [4.69, 9.17) is 0 Å². The minimum atomic E-state index is 1.29. The molecule has 0 nitrogen and oxygen atoms in total. The third-order valence-corrected chi connectivity index (χ3v) is 14.4. The van der Waals surface area contributed by atoms with Crippen LogP contribution in [0.3, 0.4) is 0 Å². The molecule has 0 atom stereocenters. The molecule has 0 aliphatic carbocycles. The highest BCUT2D eigenvalue weighted by atomic mass is 32.1. The van der Waals surface area contributed by atoms with Crippen molar-refractivity contribution in [2.24, 2.45) is 0 Å². The van der Waals surface area contributed by atoms with Gasteiger partial charge in [0.1, 0.15) is 0 Å². The lowest BCUT2D eigenvalue weighted by Crippen LogP contribution is -1.84. The second-order valence-electron chi connectivity index (χ2n) is 12.6. The Morgan fingerprint density at radius 3 is 1.23 bits per heavy atom. The van der Waals surface area contributed by atoms with Crippen LogP contribution >= 0.6 is 45.3 Å². The van der Waals surface area contributed by atoms with Crippen LogP contribution in [0.1, 0.15) is 11.1 Å². The molecule has 0 aliphatic rings. The Morgan fingerprint density at radius 1 is 0.354 bits per heavy atom. The summed E-state index contributed by atoms with van der Waals surface area (Å²) in [6.07, 6.45) is 0. The zero-order valence-corrected chi connectivity index (χ0v) is 29.6. The van der Waals surface area contributed by atoms with E-state index < -0.39 is 0 Å². The maximum atomic E-state index is 2.40. The van der Waals surface area contributed by atoms with Gasteiger partial charge in [-0.2, -0.15) is 0 Å². The van der Waals surface area contributed by atoms with Crippen molar-refractivity contribution >= 4 is 95.1 Å². The summed E-state index contributed by atoms with van der Waals surface area (Å²) in [7, 11) is 0. The van der Waals surface area contributed by atoms with Crippen LogP contribution in [0.5, 0.6) is 0 Å². The Hall–Kier alpha value is -4.58. The van der Waals surface area contributed by atoms with Gasteiger partial charge in [-0.25, -0.2) is 0 Å². The van der Waals surface area contributed by atoms with Crippen molar-refractivity contribution in [3.63, 3.8) is 0 Å². The molecule has 6 aromatic carbocycles. The summed E-state index contributed by atoms with van der Waals surface area (Å²) in [5.41, 5.74) is 10.4. The lowest BCUT2D eigenvalue weighted by Gasteiger charge is -2.09. The molecule has 0 radical (unpaired) electrons. The van der Waals surface area contributed by atoms with E-state index in [0.717, 1.165) is 0 Å². The van der Waals surface area contributed by atoms with Crippen LogP contribution in [0.25, 0.3) is 92.9 Å². The van der Waals surface area contributed by atoms with Gasteiger partial charge < -0.3 is 0 Å². The molecule has 0 bridgehead atoms. The van der Waals surface area contributed by atoms with E-state index in [1.807, 2.05) is 45.3 Å². The average Bonchev–Trinajstić information content (AvgIpc) is 3.89. The number of fused-ring (bicyclic) bond motifs is 7. The third-order valence-electron chi connectivity index (χ3n) is 9.58. The molecule has 4 aromatic heterocycles. The number of hydrogen-bond acceptors (Lipinski definition) is 4. The minimum Gasteiger partial charge on any atom is -0.135 e. The van der Waals surface area contributed by atoms with Gasteiger partial charge >= 0.3 is 0 Å². The van der Waals surface area contributed by atoms with Gasteiger partial charge in [-0.05, 0) is 106 Å². The topological polar surface area (TPSA) is 0 Å². The normalized spacial score (nSPS) is 12.0.